The fourth-order valence-electron chi connectivity index (χ4n) is 1.72. The summed E-state index contributed by atoms with van der Waals surface area (Å²) < 4.78 is 6.98. The first-order valence-electron chi connectivity index (χ1n) is 5.21. The van der Waals surface area contributed by atoms with Gasteiger partial charge in [-0.25, -0.2) is 4.98 Å². The van der Waals surface area contributed by atoms with Crippen LogP contribution in [0.3, 0.4) is 0 Å². The molecule has 0 saturated heterocycles. The molecule has 86 valence electrons. The van der Waals surface area contributed by atoms with Crippen LogP contribution in [0.2, 0.25) is 0 Å². The Bertz CT molecular complexity index is 527. The lowest BCUT2D eigenvalue weighted by atomic mass is 10.2. The van der Waals surface area contributed by atoms with Crippen LogP contribution < -0.4 is 0 Å². The Hall–Kier alpha value is -1.36. The van der Waals surface area contributed by atoms with E-state index in [1.54, 1.807) is 11.3 Å². The van der Waals surface area contributed by atoms with Crippen molar-refractivity contribution in [2.45, 2.75) is 27.2 Å². The first kappa shape index (κ1) is 11.1. The normalized spacial score (nSPS) is 10.9. The molecule has 2 heterocycles. The van der Waals surface area contributed by atoms with Crippen molar-refractivity contribution >= 4 is 22.3 Å². The predicted octanol–water partition coefficient (Wildman–Crippen LogP) is 2.12. The van der Waals surface area contributed by atoms with Gasteiger partial charge in [0, 0.05) is 11.1 Å². The largest absolute Gasteiger partial charge is 0.466 e. The number of hydrogen-bond donors (Lipinski definition) is 0. The average Bonchev–Trinajstić information content (AvgIpc) is 2.70. The molecule has 2 rings (SSSR count). The zero-order valence-electron chi connectivity index (χ0n) is 9.61. The number of carbonyl (C=O) groups excluding carboxylic acids is 1. The smallest absolute Gasteiger partial charge is 0.311 e. The van der Waals surface area contributed by atoms with Gasteiger partial charge in [0.1, 0.15) is 0 Å². The van der Waals surface area contributed by atoms with Gasteiger partial charge in [0.25, 0.3) is 0 Å². The molecule has 0 amide bonds. The number of carbonyl (C=O) groups is 1. The second-order valence-electron chi connectivity index (χ2n) is 3.62. The molecule has 0 atom stereocenters. The lowest BCUT2D eigenvalue weighted by molar-refractivity contribution is -0.142. The monoisotopic (exact) mass is 238 g/mol. The molecule has 0 aromatic carbocycles. The van der Waals surface area contributed by atoms with E-state index < -0.39 is 0 Å². The van der Waals surface area contributed by atoms with E-state index in [4.69, 9.17) is 4.74 Å². The first-order valence-corrected chi connectivity index (χ1v) is 6.09. The van der Waals surface area contributed by atoms with Crippen LogP contribution in [0.1, 0.15) is 24.0 Å². The van der Waals surface area contributed by atoms with E-state index in [1.165, 1.54) is 0 Å². The van der Waals surface area contributed by atoms with Crippen molar-refractivity contribution in [3.05, 3.63) is 22.5 Å². The Balaban J connectivity index is 2.38. The number of ether oxygens (including phenoxy) is 1. The third kappa shape index (κ3) is 1.82. The number of hydrogen-bond acceptors (Lipinski definition) is 4. The summed E-state index contributed by atoms with van der Waals surface area (Å²) in [6, 6.07) is 0. The summed E-state index contributed by atoms with van der Waals surface area (Å²) in [5, 5.41) is 2.04. The number of esters is 1. The average molecular weight is 238 g/mol. The van der Waals surface area contributed by atoms with Crippen LogP contribution in [0.15, 0.2) is 5.38 Å². The predicted molar refractivity (Wildman–Crippen MR) is 62.9 cm³/mol. The van der Waals surface area contributed by atoms with Crippen molar-refractivity contribution in [3.63, 3.8) is 0 Å². The van der Waals surface area contributed by atoms with E-state index in [0.29, 0.717) is 13.0 Å². The second-order valence-corrected chi connectivity index (χ2v) is 4.46. The maximum atomic E-state index is 11.5. The van der Waals surface area contributed by atoms with Crippen molar-refractivity contribution in [1.29, 1.82) is 0 Å². The quantitative estimate of drug-likeness (QED) is 0.769. The second kappa shape index (κ2) is 4.25. The summed E-state index contributed by atoms with van der Waals surface area (Å²) in [6.07, 6.45) is 0.290. The molecule has 0 N–H and O–H groups in total. The lowest BCUT2D eigenvalue weighted by Gasteiger charge is -2.03. The van der Waals surface area contributed by atoms with Crippen LogP contribution in [0.4, 0.5) is 0 Å². The number of thiazole rings is 1. The van der Waals surface area contributed by atoms with E-state index in [1.807, 2.05) is 30.6 Å². The topological polar surface area (TPSA) is 43.6 Å². The minimum Gasteiger partial charge on any atom is -0.466 e. The summed E-state index contributed by atoms with van der Waals surface area (Å²) in [4.78, 5) is 16.8. The van der Waals surface area contributed by atoms with Crippen LogP contribution in [0.5, 0.6) is 0 Å². The number of aryl methyl sites for hydroxylation is 2. The standard InChI is InChI=1S/C11H14N2O2S/c1-4-15-10(14)5-9-8(3)12-11-13(9)7(2)6-16-11/h6H,4-5H2,1-3H3. The molecule has 0 saturated carbocycles. The summed E-state index contributed by atoms with van der Waals surface area (Å²) in [5.41, 5.74) is 2.95. The van der Waals surface area contributed by atoms with E-state index in [9.17, 15) is 4.79 Å². The third-order valence-corrected chi connectivity index (χ3v) is 3.39. The van der Waals surface area contributed by atoms with Gasteiger partial charge in [0.05, 0.1) is 24.4 Å². The number of fused-ring (bicyclic) bond motifs is 1. The van der Waals surface area contributed by atoms with E-state index in [-0.39, 0.29) is 5.97 Å². The molecule has 0 aliphatic rings. The van der Waals surface area contributed by atoms with Gasteiger partial charge in [-0.15, -0.1) is 11.3 Å². The molecule has 0 radical (unpaired) electrons. The molecular weight excluding hydrogens is 224 g/mol. The summed E-state index contributed by atoms with van der Waals surface area (Å²) in [6.45, 7) is 6.17. The molecule has 0 fully saturated rings. The zero-order chi connectivity index (χ0) is 11.7. The minimum absolute atomic E-state index is 0.196. The molecule has 5 heteroatoms. The number of aromatic nitrogens is 2. The maximum absolute atomic E-state index is 11.5. The molecule has 4 nitrogen and oxygen atoms in total. The van der Waals surface area contributed by atoms with Gasteiger partial charge < -0.3 is 4.74 Å². The minimum atomic E-state index is -0.196. The van der Waals surface area contributed by atoms with Crippen molar-refractivity contribution < 1.29 is 9.53 Å². The molecule has 0 aliphatic heterocycles. The molecular formula is C11H14N2O2S. The Morgan fingerprint density at radius 2 is 2.31 bits per heavy atom. The van der Waals surface area contributed by atoms with Gasteiger partial charge in [0.2, 0.25) is 0 Å². The summed E-state index contributed by atoms with van der Waals surface area (Å²) >= 11 is 1.59. The molecule has 0 spiro atoms. The molecule has 0 bridgehead atoms. The van der Waals surface area contributed by atoms with Crippen LogP contribution in [0, 0.1) is 13.8 Å². The third-order valence-electron chi connectivity index (χ3n) is 2.45. The van der Waals surface area contributed by atoms with Crippen LogP contribution in [-0.2, 0) is 16.0 Å². The van der Waals surface area contributed by atoms with E-state index in [0.717, 1.165) is 22.0 Å². The number of rotatable bonds is 3. The van der Waals surface area contributed by atoms with Gasteiger partial charge in [-0.2, -0.15) is 0 Å². The summed E-state index contributed by atoms with van der Waals surface area (Å²) in [5.74, 6) is -0.196. The molecule has 0 aliphatic carbocycles. The highest BCUT2D eigenvalue weighted by Gasteiger charge is 2.15. The fraction of sp³-hybridized carbons (Fsp3) is 0.455. The molecule has 0 unspecified atom stereocenters. The molecule has 2 aromatic rings. The van der Waals surface area contributed by atoms with E-state index in [2.05, 4.69) is 4.98 Å². The van der Waals surface area contributed by atoms with Gasteiger partial charge >= 0.3 is 5.97 Å². The van der Waals surface area contributed by atoms with Crippen LogP contribution in [0.25, 0.3) is 4.96 Å². The Morgan fingerprint density at radius 3 is 3.00 bits per heavy atom. The Labute approximate surface area is 97.9 Å². The number of imidazole rings is 1. The molecule has 16 heavy (non-hydrogen) atoms. The van der Waals surface area contributed by atoms with Crippen molar-refractivity contribution in [2.75, 3.05) is 6.61 Å². The fourth-order valence-corrected chi connectivity index (χ4v) is 2.66. The van der Waals surface area contributed by atoms with Gasteiger partial charge in [-0.3, -0.25) is 9.20 Å². The van der Waals surface area contributed by atoms with Crippen molar-refractivity contribution in [1.82, 2.24) is 9.38 Å². The van der Waals surface area contributed by atoms with Crippen LogP contribution >= 0.6 is 11.3 Å². The van der Waals surface area contributed by atoms with E-state index >= 15 is 0 Å². The highest BCUT2D eigenvalue weighted by Crippen LogP contribution is 2.20. The number of nitrogens with zero attached hydrogens (tertiary/aromatic N) is 2. The van der Waals surface area contributed by atoms with Gasteiger partial charge in [-0.05, 0) is 20.8 Å². The SMILES string of the molecule is CCOC(=O)Cc1c(C)nc2scc(C)n12. The summed E-state index contributed by atoms with van der Waals surface area (Å²) in [7, 11) is 0. The highest BCUT2D eigenvalue weighted by atomic mass is 32.1. The van der Waals surface area contributed by atoms with Crippen molar-refractivity contribution in [3.8, 4) is 0 Å². The van der Waals surface area contributed by atoms with Gasteiger partial charge in [-0.1, -0.05) is 0 Å². The Kier molecular flexibility index (Phi) is 2.96. The molecule has 2 aromatic heterocycles. The highest BCUT2D eigenvalue weighted by molar-refractivity contribution is 7.15. The van der Waals surface area contributed by atoms with Gasteiger partial charge in [0.15, 0.2) is 4.96 Å². The first-order chi connectivity index (χ1) is 7.63. The van der Waals surface area contributed by atoms with Crippen molar-refractivity contribution in [2.24, 2.45) is 0 Å². The Morgan fingerprint density at radius 1 is 1.56 bits per heavy atom. The maximum Gasteiger partial charge on any atom is 0.311 e. The zero-order valence-corrected chi connectivity index (χ0v) is 10.4. The lowest BCUT2D eigenvalue weighted by Crippen LogP contribution is -2.10. The van der Waals surface area contributed by atoms with Crippen LogP contribution in [-0.4, -0.2) is 22.0 Å².